The highest BCUT2D eigenvalue weighted by atomic mass is 32.2. The molecule has 0 radical (unpaired) electrons. The fourth-order valence-corrected chi connectivity index (χ4v) is 3.70. The number of nitrogens with two attached hydrogens (primary N) is 1. The van der Waals surface area contributed by atoms with E-state index in [9.17, 15) is 18.0 Å². The van der Waals surface area contributed by atoms with Crippen LogP contribution in [0.4, 0.5) is 0 Å². The van der Waals surface area contributed by atoms with Crippen molar-refractivity contribution in [1.29, 1.82) is 0 Å². The highest BCUT2D eigenvalue weighted by Gasteiger charge is 2.27. The number of hydrogen-bond donors (Lipinski definition) is 3. The standard InChI is InChI=1S/C22H19N5O4S/c23-32(30,31)17-4-1-16(2-5-17)12-25-13-20-19-11-15(7-9-27-10-8-24-14-27)3-6-18(19)21(28)26-22(20)29/h1-11,13-14,25H,12H2,(H2,23,30,31)(H,26,28,29)/b9-7+,20-13-. The number of aromatic nitrogens is 2. The van der Waals surface area contributed by atoms with Gasteiger partial charge in [0.05, 0.1) is 16.8 Å². The third kappa shape index (κ3) is 4.66. The number of primary sulfonamides is 1. The van der Waals surface area contributed by atoms with Crippen molar-refractivity contribution in [1.82, 2.24) is 20.2 Å². The normalized spacial score (nSPS) is 15.1. The van der Waals surface area contributed by atoms with E-state index in [0.717, 1.165) is 11.1 Å². The van der Waals surface area contributed by atoms with Gasteiger partial charge < -0.3 is 9.88 Å². The van der Waals surface area contributed by atoms with E-state index in [4.69, 9.17) is 5.14 Å². The van der Waals surface area contributed by atoms with Crippen LogP contribution in [0.1, 0.15) is 27.0 Å². The molecule has 0 saturated heterocycles. The summed E-state index contributed by atoms with van der Waals surface area (Å²) in [4.78, 5) is 28.7. The number of amides is 2. The minimum absolute atomic E-state index is 0.0231. The van der Waals surface area contributed by atoms with Gasteiger partial charge in [0.1, 0.15) is 0 Å². The largest absolute Gasteiger partial charge is 0.386 e. The molecule has 4 N–H and O–H groups in total. The molecule has 2 aromatic carbocycles. The fraction of sp³-hybridized carbons (Fsp3) is 0.0455. The lowest BCUT2D eigenvalue weighted by atomic mass is 9.93. The predicted octanol–water partition coefficient (Wildman–Crippen LogP) is 1.56. The molecular formula is C22H19N5O4S. The van der Waals surface area contributed by atoms with Crippen LogP contribution in [0.2, 0.25) is 0 Å². The Hall–Kier alpha value is -4.02. The first kappa shape index (κ1) is 21.2. The minimum Gasteiger partial charge on any atom is -0.386 e. The molecule has 1 aliphatic rings. The van der Waals surface area contributed by atoms with Crippen molar-refractivity contribution in [3.8, 4) is 0 Å². The third-order valence-electron chi connectivity index (χ3n) is 4.82. The molecule has 0 fully saturated rings. The van der Waals surface area contributed by atoms with Crippen LogP contribution in [0.3, 0.4) is 0 Å². The number of imide groups is 1. The summed E-state index contributed by atoms with van der Waals surface area (Å²) in [5.41, 5.74) is 2.83. The molecule has 162 valence electrons. The lowest BCUT2D eigenvalue weighted by Crippen LogP contribution is -2.37. The Kier molecular flexibility index (Phi) is 5.71. The average molecular weight is 449 g/mol. The van der Waals surface area contributed by atoms with Gasteiger partial charge in [-0.15, -0.1) is 0 Å². The molecule has 3 aromatic rings. The molecule has 2 heterocycles. The van der Waals surface area contributed by atoms with Crippen molar-refractivity contribution in [2.75, 3.05) is 0 Å². The van der Waals surface area contributed by atoms with Gasteiger partial charge in [0, 0.05) is 42.5 Å². The minimum atomic E-state index is -3.75. The fourth-order valence-electron chi connectivity index (χ4n) is 3.19. The molecule has 2 amide bonds. The summed E-state index contributed by atoms with van der Waals surface area (Å²) in [7, 11) is -3.75. The van der Waals surface area contributed by atoms with Crippen molar-refractivity contribution in [2.45, 2.75) is 11.4 Å². The zero-order valence-corrected chi connectivity index (χ0v) is 17.5. The zero-order valence-electron chi connectivity index (χ0n) is 16.7. The van der Waals surface area contributed by atoms with Gasteiger partial charge in [-0.2, -0.15) is 0 Å². The van der Waals surface area contributed by atoms with Gasteiger partial charge in [-0.05, 0) is 41.5 Å². The zero-order chi connectivity index (χ0) is 22.7. The van der Waals surface area contributed by atoms with Gasteiger partial charge >= 0.3 is 0 Å². The Morgan fingerprint density at radius 1 is 1.06 bits per heavy atom. The van der Waals surface area contributed by atoms with Gasteiger partial charge in [-0.3, -0.25) is 14.9 Å². The molecule has 0 unspecified atom stereocenters. The van der Waals surface area contributed by atoms with Gasteiger partial charge in [0.15, 0.2) is 0 Å². The predicted molar refractivity (Wildman–Crippen MR) is 119 cm³/mol. The number of benzene rings is 2. The second-order valence-corrected chi connectivity index (χ2v) is 8.60. The van der Waals surface area contributed by atoms with Crippen LogP contribution in [0.25, 0.3) is 17.8 Å². The maximum atomic E-state index is 12.5. The number of imidazole rings is 1. The van der Waals surface area contributed by atoms with Crippen molar-refractivity contribution >= 4 is 39.7 Å². The summed E-state index contributed by atoms with van der Waals surface area (Å²) in [5, 5.41) is 10.5. The third-order valence-corrected chi connectivity index (χ3v) is 5.75. The maximum absolute atomic E-state index is 12.5. The number of nitrogens with one attached hydrogen (secondary N) is 2. The van der Waals surface area contributed by atoms with E-state index in [1.807, 2.05) is 12.3 Å². The van der Waals surface area contributed by atoms with Crippen LogP contribution < -0.4 is 15.8 Å². The summed E-state index contributed by atoms with van der Waals surface area (Å²) >= 11 is 0. The Bertz CT molecular complexity index is 1340. The van der Waals surface area contributed by atoms with Crippen LogP contribution in [-0.4, -0.2) is 29.8 Å². The summed E-state index contributed by atoms with van der Waals surface area (Å²) in [5.74, 6) is -0.957. The molecular weight excluding hydrogens is 430 g/mol. The molecule has 0 saturated carbocycles. The van der Waals surface area contributed by atoms with E-state index in [1.165, 1.54) is 18.3 Å². The van der Waals surface area contributed by atoms with Crippen molar-refractivity contribution in [3.05, 3.63) is 89.6 Å². The van der Waals surface area contributed by atoms with E-state index in [-0.39, 0.29) is 4.90 Å². The molecule has 0 bridgehead atoms. The van der Waals surface area contributed by atoms with Crippen molar-refractivity contribution in [2.24, 2.45) is 5.14 Å². The lowest BCUT2D eigenvalue weighted by Gasteiger charge is -2.19. The SMILES string of the molecule is NS(=O)(=O)c1ccc(CN/C=C2\C(=O)NC(=O)c3ccc(/C=C/n4ccnc4)cc32)cc1. The molecule has 0 atom stereocenters. The quantitative estimate of drug-likeness (QED) is 0.386. The second-order valence-electron chi connectivity index (χ2n) is 7.04. The second kappa shape index (κ2) is 8.61. The summed E-state index contributed by atoms with van der Waals surface area (Å²) in [6.45, 7) is 0.338. The molecule has 32 heavy (non-hydrogen) atoms. The molecule has 1 aromatic heterocycles. The number of carbonyl (C=O) groups is 2. The first-order valence-corrected chi connectivity index (χ1v) is 11.1. The smallest absolute Gasteiger partial charge is 0.260 e. The molecule has 10 heteroatoms. The lowest BCUT2D eigenvalue weighted by molar-refractivity contribution is -0.114. The number of rotatable bonds is 6. The van der Waals surface area contributed by atoms with E-state index < -0.39 is 21.8 Å². The van der Waals surface area contributed by atoms with E-state index in [2.05, 4.69) is 15.6 Å². The molecule has 0 spiro atoms. The van der Waals surface area contributed by atoms with Crippen LogP contribution in [0, 0.1) is 0 Å². The molecule has 1 aliphatic heterocycles. The van der Waals surface area contributed by atoms with E-state index in [0.29, 0.717) is 23.2 Å². The summed E-state index contributed by atoms with van der Waals surface area (Å²) in [6, 6.07) is 11.3. The highest BCUT2D eigenvalue weighted by molar-refractivity contribution is 7.89. The van der Waals surface area contributed by atoms with Gasteiger partial charge in [0.2, 0.25) is 10.0 Å². The van der Waals surface area contributed by atoms with Gasteiger partial charge in [0.25, 0.3) is 11.8 Å². The van der Waals surface area contributed by atoms with Gasteiger partial charge in [-0.25, -0.2) is 18.5 Å². The molecule has 9 nitrogen and oxygen atoms in total. The molecule has 0 aliphatic carbocycles. The number of nitrogens with zero attached hydrogens (tertiary/aromatic N) is 2. The number of hydrogen-bond acceptors (Lipinski definition) is 6. The van der Waals surface area contributed by atoms with Crippen LogP contribution in [0.15, 0.2) is 72.3 Å². The van der Waals surface area contributed by atoms with E-state index >= 15 is 0 Å². The summed E-state index contributed by atoms with van der Waals surface area (Å²) in [6.07, 6.45) is 10.3. The maximum Gasteiger partial charge on any atom is 0.260 e. The first-order valence-electron chi connectivity index (χ1n) is 9.52. The highest BCUT2D eigenvalue weighted by Crippen LogP contribution is 2.25. The number of sulfonamides is 1. The number of fused-ring (bicyclic) bond motifs is 1. The Morgan fingerprint density at radius 2 is 1.84 bits per heavy atom. The Balaban J connectivity index is 1.56. The molecule has 4 rings (SSSR count). The Labute approximate surface area is 184 Å². The van der Waals surface area contributed by atoms with Crippen LogP contribution in [-0.2, 0) is 21.4 Å². The first-order chi connectivity index (χ1) is 15.3. The monoisotopic (exact) mass is 449 g/mol. The Morgan fingerprint density at radius 3 is 2.53 bits per heavy atom. The number of carbonyl (C=O) groups excluding carboxylic acids is 2. The van der Waals surface area contributed by atoms with E-state index in [1.54, 1.807) is 53.6 Å². The van der Waals surface area contributed by atoms with Crippen molar-refractivity contribution < 1.29 is 18.0 Å². The van der Waals surface area contributed by atoms with Crippen LogP contribution in [0.5, 0.6) is 0 Å². The van der Waals surface area contributed by atoms with Crippen LogP contribution >= 0.6 is 0 Å². The van der Waals surface area contributed by atoms with Gasteiger partial charge in [-0.1, -0.05) is 18.2 Å². The topological polar surface area (TPSA) is 136 Å². The summed E-state index contributed by atoms with van der Waals surface area (Å²) < 4.78 is 24.5. The average Bonchev–Trinajstić information content (AvgIpc) is 3.28. The van der Waals surface area contributed by atoms with Crippen molar-refractivity contribution in [3.63, 3.8) is 0 Å².